The van der Waals surface area contributed by atoms with Crippen molar-refractivity contribution in [2.75, 3.05) is 11.9 Å². The zero-order chi connectivity index (χ0) is 18.8. The molecular weight excluding hydrogens is 342 g/mol. The second-order valence-electron chi connectivity index (χ2n) is 7.06. The first-order chi connectivity index (χ1) is 13.1. The number of amides is 1. The normalized spacial score (nSPS) is 13.7. The number of hydrogen-bond donors (Lipinski definition) is 1. The van der Waals surface area contributed by atoms with Gasteiger partial charge in [0.2, 0.25) is 5.91 Å². The molecule has 27 heavy (non-hydrogen) atoms. The number of hydrogen-bond acceptors (Lipinski definition) is 5. The van der Waals surface area contributed by atoms with Crippen LogP contribution in [0.1, 0.15) is 36.9 Å². The monoisotopic (exact) mass is 365 g/mol. The largest absolute Gasteiger partial charge is 0.359 e. The van der Waals surface area contributed by atoms with Crippen LogP contribution in [0.2, 0.25) is 0 Å². The molecule has 0 bridgehead atoms. The van der Waals surface area contributed by atoms with E-state index in [4.69, 9.17) is 4.52 Å². The fraction of sp³-hybridized carbons (Fsp3) is 0.350. The molecule has 1 amide bonds. The van der Waals surface area contributed by atoms with E-state index in [0.717, 1.165) is 22.8 Å². The van der Waals surface area contributed by atoms with Crippen LogP contribution in [0.3, 0.4) is 0 Å². The maximum absolute atomic E-state index is 12.8. The molecule has 0 atom stereocenters. The van der Waals surface area contributed by atoms with Crippen molar-refractivity contribution in [1.29, 1.82) is 0 Å². The summed E-state index contributed by atoms with van der Waals surface area (Å²) in [7, 11) is 0. The van der Waals surface area contributed by atoms with E-state index >= 15 is 0 Å². The smallest absolute Gasteiger partial charge is 0.242 e. The molecule has 140 valence electrons. The van der Waals surface area contributed by atoms with Gasteiger partial charge in [0.05, 0.1) is 12.1 Å². The standard InChI is InChI=1S/C20H23N5O2/c1-14(2)20-21-9-11-25(20)13-18(26)24-10-8-17-16(12-24)19(23-27-17)22-15-6-4-3-5-7-15/h3-7,9,11,14H,8,10,12-13H2,1-2H3,(H,22,23). The number of rotatable bonds is 5. The number of nitrogens with one attached hydrogen (secondary N) is 1. The van der Waals surface area contributed by atoms with Gasteiger partial charge < -0.3 is 19.3 Å². The number of para-hydroxylation sites is 1. The van der Waals surface area contributed by atoms with Crippen molar-refractivity contribution in [3.63, 3.8) is 0 Å². The van der Waals surface area contributed by atoms with Gasteiger partial charge in [0.1, 0.15) is 18.1 Å². The predicted octanol–water partition coefficient (Wildman–Crippen LogP) is 3.32. The van der Waals surface area contributed by atoms with Gasteiger partial charge in [0.15, 0.2) is 5.82 Å². The van der Waals surface area contributed by atoms with Gasteiger partial charge in [0.25, 0.3) is 0 Å². The highest BCUT2D eigenvalue weighted by molar-refractivity contribution is 5.77. The third kappa shape index (κ3) is 3.58. The average Bonchev–Trinajstić information content (AvgIpc) is 3.29. The Labute approximate surface area is 158 Å². The summed E-state index contributed by atoms with van der Waals surface area (Å²) >= 11 is 0. The predicted molar refractivity (Wildman–Crippen MR) is 102 cm³/mol. The number of carbonyl (C=O) groups excluding carboxylic acids is 1. The first-order valence-corrected chi connectivity index (χ1v) is 9.20. The van der Waals surface area contributed by atoms with Crippen LogP contribution < -0.4 is 5.32 Å². The van der Waals surface area contributed by atoms with Crippen molar-refractivity contribution in [1.82, 2.24) is 19.6 Å². The Bertz CT molecular complexity index is 929. The van der Waals surface area contributed by atoms with E-state index in [1.165, 1.54) is 0 Å². The Kier molecular flexibility index (Phi) is 4.66. The summed E-state index contributed by atoms with van der Waals surface area (Å²) in [6.07, 6.45) is 4.29. The van der Waals surface area contributed by atoms with E-state index < -0.39 is 0 Å². The zero-order valence-electron chi connectivity index (χ0n) is 15.6. The lowest BCUT2D eigenvalue weighted by molar-refractivity contribution is -0.132. The Morgan fingerprint density at radius 1 is 1.30 bits per heavy atom. The minimum absolute atomic E-state index is 0.0763. The summed E-state index contributed by atoms with van der Waals surface area (Å²) in [5, 5.41) is 7.44. The highest BCUT2D eigenvalue weighted by Crippen LogP contribution is 2.28. The van der Waals surface area contributed by atoms with E-state index in [0.29, 0.717) is 31.9 Å². The van der Waals surface area contributed by atoms with E-state index in [2.05, 4.69) is 29.3 Å². The second-order valence-corrected chi connectivity index (χ2v) is 7.06. The van der Waals surface area contributed by atoms with Crippen LogP contribution in [0.25, 0.3) is 0 Å². The molecule has 7 heteroatoms. The molecule has 1 aliphatic heterocycles. The summed E-state index contributed by atoms with van der Waals surface area (Å²) in [5.74, 6) is 2.81. The zero-order valence-corrected chi connectivity index (χ0v) is 15.6. The molecular formula is C20H23N5O2. The molecule has 0 fully saturated rings. The van der Waals surface area contributed by atoms with Gasteiger partial charge in [-0.05, 0) is 12.1 Å². The molecule has 0 unspecified atom stereocenters. The van der Waals surface area contributed by atoms with Crippen LogP contribution in [0.4, 0.5) is 11.5 Å². The average molecular weight is 365 g/mol. The molecule has 1 N–H and O–H groups in total. The highest BCUT2D eigenvalue weighted by atomic mass is 16.5. The molecule has 1 aromatic carbocycles. The summed E-state index contributed by atoms with van der Waals surface area (Å²) in [5.41, 5.74) is 1.89. The first kappa shape index (κ1) is 17.3. The fourth-order valence-electron chi connectivity index (χ4n) is 3.38. The van der Waals surface area contributed by atoms with Gasteiger partial charge in [-0.2, -0.15) is 0 Å². The maximum atomic E-state index is 12.8. The Hall–Kier alpha value is -3.09. The fourth-order valence-corrected chi connectivity index (χ4v) is 3.38. The minimum Gasteiger partial charge on any atom is -0.359 e. The molecule has 7 nitrogen and oxygen atoms in total. The van der Waals surface area contributed by atoms with Gasteiger partial charge in [0, 0.05) is 37.0 Å². The van der Waals surface area contributed by atoms with Crippen molar-refractivity contribution in [3.05, 3.63) is 59.9 Å². The summed E-state index contributed by atoms with van der Waals surface area (Å²) < 4.78 is 7.41. The molecule has 3 aromatic rings. The van der Waals surface area contributed by atoms with E-state index in [1.807, 2.05) is 46.0 Å². The maximum Gasteiger partial charge on any atom is 0.242 e. The number of aromatic nitrogens is 3. The molecule has 3 heterocycles. The molecule has 0 aliphatic carbocycles. The molecule has 1 aliphatic rings. The van der Waals surface area contributed by atoms with Crippen molar-refractivity contribution < 1.29 is 9.32 Å². The van der Waals surface area contributed by atoms with Crippen LogP contribution in [0.15, 0.2) is 47.2 Å². The topological polar surface area (TPSA) is 76.2 Å². The van der Waals surface area contributed by atoms with Crippen LogP contribution in [-0.2, 0) is 24.3 Å². The number of benzene rings is 1. The second kappa shape index (κ2) is 7.26. The third-order valence-corrected chi connectivity index (χ3v) is 4.79. The van der Waals surface area contributed by atoms with Crippen molar-refractivity contribution in [2.24, 2.45) is 0 Å². The van der Waals surface area contributed by atoms with Crippen molar-refractivity contribution in [3.8, 4) is 0 Å². The lowest BCUT2D eigenvalue weighted by Gasteiger charge is -2.27. The number of anilines is 2. The Morgan fingerprint density at radius 3 is 2.89 bits per heavy atom. The summed E-state index contributed by atoms with van der Waals surface area (Å²) in [6, 6.07) is 9.83. The minimum atomic E-state index is 0.0763. The lowest BCUT2D eigenvalue weighted by Crippen LogP contribution is -2.38. The molecule has 0 saturated carbocycles. The molecule has 0 saturated heterocycles. The molecule has 0 spiro atoms. The lowest BCUT2D eigenvalue weighted by atomic mass is 10.1. The molecule has 4 rings (SSSR count). The number of carbonyl (C=O) groups is 1. The van der Waals surface area contributed by atoms with Crippen molar-refractivity contribution in [2.45, 2.75) is 39.3 Å². The quantitative estimate of drug-likeness (QED) is 0.751. The van der Waals surface area contributed by atoms with Crippen LogP contribution in [0, 0.1) is 0 Å². The van der Waals surface area contributed by atoms with E-state index in [-0.39, 0.29) is 11.8 Å². The Balaban J connectivity index is 1.48. The number of nitrogens with zero attached hydrogens (tertiary/aromatic N) is 4. The van der Waals surface area contributed by atoms with E-state index in [1.54, 1.807) is 6.20 Å². The van der Waals surface area contributed by atoms with Gasteiger partial charge in [-0.25, -0.2) is 4.98 Å². The Morgan fingerprint density at radius 2 is 2.11 bits per heavy atom. The van der Waals surface area contributed by atoms with Gasteiger partial charge >= 0.3 is 0 Å². The summed E-state index contributed by atoms with van der Waals surface area (Å²) in [6.45, 7) is 5.59. The third-order valence-electron chi connectivity index (χ3n) is 4.79. The van der Waals surface area contributed by atoms with E-state index in [9.17, 15) is 4.79 Å². The SMILES string of the molecule is CC(C)c1nccn1CC(=O)N1CCc2onc(Nc3ccccc3)c2C1. The number of imidazole rings is 1. The molecule has 0 radical (unpaired) electrons. The first-order valence-electron chi connectivity index (χ1n) is 9.20. The van der Waals surface area contributed by atoms with Gasteiger partial charge in [-0.15, -0.1) is 0 Å². The highest BCUT2D eigenvalue weighted by Gasteiger charge is 2.27. The van der Waals surface area contributed by atoms with Gasteiger partial charge in [-0.1, -0.05) is 37.2 Å². The van der Waals surface area contributed by atoms with Gasteiger partial charge in [-0.3, -0.25) is 4.79 Å². The van der Waals surface area contributed by atoms with Crippen LogP contribution in [-0.4, -0.2) is 32.1 Å². The number of fused-ring (bicyclic) bond motifs is 1. The molecule has 2 aromatic heterocycles. The van der Waals surface area contributed by atoms with Crippen LogP contribution in [0.5, 0.6) is 0 Å². The van der Waals surface area contributed by atoms with Crippen molar-refractivity contribution >= 4 is 17.4 Å². The van der Waals surface area contributed by atoms with Crippen LogP contribution >= 0.6 is 0 Å². The summed E-state index contributed by atoms with van der Waals surface area (Å²) in [4.78, 5) is 19.1.